The molecule has 102 valence electrons. The molecule has 19 heavy (non-hydrogen) atoms. The van der Waals surface area contributed by atoms with Gasteiger partial charge in [-0.1, -0.05) is 6.07 Å². The Balaban J connectivity index is 2.25. The Morgan fingerprint density at radius 2 is 2.16 bits per heavy atom. The van der Waals surface area contributed by atoms with Gasteiger partial charge in [0.2, 0.25) is 0 Å². The molecule has 2 aromatic heterocycles. The molecule has 4 nitrogen and oxygen atoms in total. The molecule has 2 heterocycles. The Morgan fingerprint density at radius 3 is 2.68 bits per heavy atom. The highest BCUT2D eigenvalue weighted by Gasteiger charge is 2.24. The van der Waals surface area contributed by atoms with Crippen molar-refractivity contribution >= 4 is 53.2 Å². The van der Waals surface area contributed by atoms with Crippen molar-refractivity contribution in [2.75, 3.05) is 7.05 Å². The zero-order chi connectivity index (χ0) is 14.0. The average Bonchev–Trinajstić information content (AvgIpc) is 2.71. The predicted octanol–water partition coefficient (Wildman–Crippen LogP) is 3.49. The first-order chi connectivity index (χ1) is 8.91. The Labute approximate surface area is 132 Å². The van der Waals surface area contributed by atoms with Gasteiger partial charge in [-0.25, -0.2) is 8.42 Å². The number of hydrogen-bond acceptors (Lipinski definition) is 4. The largest absolute Gasteiger partial charge is 0.264 e. The Hall–Kier alpha value is -0.280. The summed E-state index contributed by atoms with van der Waals surface area (Å²) in [7, 11) is -1.92. The van der Waals surface area contributed by atoms with Gasteiger partial charge in [-0.15, -0.1) is 11.3 Å². The zero-order valence-corrected chi connectivity index (χ0v) is 14.7. The van der Waals surface area contributed by atoms with E-state index in [1.165, 1.54) is 15.6 Å². The van der Waals surface area contributed by atoms with Gasteiger partial charge in [-0.05, 0) is 49.6 Å². The second-order valence-electron chi connectivity index (χ2n) is 3.81. The van der Waals surface area contributed by atoms with E-state index in [2.05, 4.69) is 36.8 Å². The third-order valence-electron chi connectivity index (χ3n) is 2.42. The van der Waals surface area contributed by atoms with E-state index in [1.54, 1.807) is 31.6 Å². The van der Waals surface area contributed by atoms with Crippen LogP contribution in [0, 0.1) is 0 Å². The second kappa shape index (κ2) is 6.01. The summed E-state index contributed by atoms with van der Waals surface area (Å²) in [6.45, 7) is 0.295. The van der Waals surface area contributed by atoms with Crippen LogP contribution in [-0.2, 0) is 16.6 Å². The molecule has 0 spiro atoms. The van der Waals surface area contributed by atoms with Crippen molar-refractivity contribution < 1.29 is 8.42 Å². The number of pyridine rings is 1. The standard InChI is InChI=1S/C11H10Br2N2O2S2/c1-15(7-8-3-2-4-14-6-8)19(16,17)10-5-9(12)11(13)18-10/h2-6H,7H2,1H3. The number of hydrogen-bond donors (Lipinski definition) is 0. The van der Waals surface area contributed by atoms with Crippen LogP contribution < -0.4 is 0 Å². The molecule has 2 rings (SSSR count). The molecule has 0 saturated heterocycles. The van der Waals surface area contributed by atoms with E-state index in [9.17, 15) is 8.42 Å². The van der Waals surface area contributed by atoms with Gasteiger partial charge >= 0.3 is 0 Å². The first-order valence-corrected chi connectivity index (χ1v) is 9.05. The van der Waals surface area contributed by atoms with Crippen LogP contribution in [0.15, 0.2) is 43.1 Å². The normalized spacial score (nSPS) is 12.0. The van der Waals surface area contributed by atoms with Gasteiger partial charge in [0.1, 0.15) is 4.21 Å². The zero-order valence-electron chi connectivity index (χ0n) is 9.88. The molecule has 0 radical (unpaired) electrons. The van der Waals surface area contributed by atoms with Crippen LogP contribution in [-0.4, -0.2) is 24.8 Å². The van der Waals surface area contributed by atoms with E-state index >= 15 is 0 Å². The second-order valence-corrected chi connectivity index (χ2v) is 9.31. The summed E-state index contributed by atoms with van der Waals surface area (Å²) < 4.78 is 27.9. The van der Waals surface area contributed by atoms with Crippen LogP contribution in [0.1, 0.15) is 5.56 Å². The summed E-state index contributed by atoms with van der Waals surface area (Å²) in [5, 5.41) is 0. The molecule has 2 aromatic rings. The summed E-state index contributed by atoms with van der Waals surface area (Å²) in [4.78, 5) is 3.98. The van der Waals surface area contributed by atoms with E-state index in [0.29, 0.717) is 10.8 Å². The first kappa shape index (κ1) is 15.1. The predicted molar refractivity (Wildman–Crippen MR) is 82.6 cm³/mol. The number of aromatic nitrogens is 1. The summed E-state index contributed by atoms with van der Waals surface area (Å²) in [5.74, 6) is 0. The van der Waals surface area contributed by atoms with Gasteiger partial charge in [-0.3, -0.25) is 4.98 Å². The van der Waals surface area contributed by atoms with Crippen LogP contribution in [0.25, 0.3) is 0 Å². The lowest BCUT2D eigenvalue weighted by atomic mass is 10.3. The third kappa shape index (κ3) is 3.43. The van der Waals surface area contributed by atoms with Crippen molar-refractivity contribution in [3.8, 4) is 0 Å². The molecule has 0 aliphatic rings. The molecule has 0 amide bonds. The van der Waals surface area contributed by atoms with Gasteiger partial charge in [0, 0.05) is 30.5 Å². The highest BCUT2D eigenvalue weighted by Crippen LogP contribution is 2.36. The molecule has 0 saturated carbocycles. The third-order valence-corrected chi connectivity index (χ3v) is 7.92. The molecule has 0 bridgehead atoms. The van der Waals surface area contributed by atoms with Crippen molar-refractivity contribution in [3.05, 3.63) is 44.4 Å². The molecule has 0 unspecified atom stereocenters. The van der Waals surface area contributed by atoms with Crippen LogP contribution in [0.2, 0.25) is 0 Å². The molecule has 0 N–H and O–H groups in total. The van der Waals surface area contributed by atoms with Crippen LogP contribution in [0.4, 0.5) is 0 Å². The lowest BCUT2D eigenvalue weighted by molar-refractivity contribution is 0.468. The SMILES string of the molecule is CN(Cc1cccnc1)S(=O)(=O)c1cc(Br)c(Br)s1. The van der Waals surface area contributed by atoms with Crippen molar-refractivity contribution in [2.45, 2.75) is 10.8 Å². The fourth-order valence-electron chi connectivity index (χ4n) is 1.44. The molecule has 0 aromatic carbocycles. The van der Waals surface area contributed by atoms with Gasteiger partial charge in [-0.2, -0.15) is 4.31 Å². The minimum absolute atomic E-state index is 0.295. The maximum absolute atomic E-state index is 12.4. The van der Waals surface area contributed by atoms with E-state index in [4.69, 9.17) is 0 Å². The van der Waals surface area contributed by atoms with E-state index < -0.39 is 10.0 Å². The number of halogens is 2. The lowest BCUT2D eigenvalue weighted by Crippen LogP contribution is -2.25. The van der Waals surface area contributed by atoms with Gasteiger partial charge in [0.25, 0.3) is 10.0 Å². The quantitative estimate of drug-likeness (QED) is 0.753. The smallest absolute Gasteiger partial charge is 0.252 e. The Kier molecular flexibility index (Phi) is 4.78. The number of sulfonamides is 1. The van der Waals surface area contributed by atoms with Crippen molar-refractivity contribution in [1.82, 2.24) is 9.29 Å². The molecular formula is C11H10Br2N2O2S2. The average molecular weight is 426 g/mol. The maximum Gasteiger partial charge on any atom is 0.252 e. The van der Waals surface area contributed by atoms with Crippen molar-refractivity contribution in [3.63, 3.8) is 0 Å². The summed E-state index contributed by atoms with van der Waals surface area (Å²) in [6, 6.07) is 5.23. The topological polar surface area (TPSA) is 50.3 Å². The molecule has 0 aliphatic heterocycles. The van der Waals surface area contributed by atoms with Gasteiger partial charge in [0.05, 0.1) is 3.79 Å². The van der Waals surface area contributed by atoms with E-state index in [1.807, 2.05) is 6.07 Å². The fraction of sp³-hybridized carbons (Fsp3) is 0.182. The highest BCUT2D eigenvalue weighted by molar-refractivity contribution is 9.13. The molecule has 8 heteroatoms. The first-order valence-electron chi connectivity index (χ1n) is 5.21. The molecule has 0 atom stereocenters. The minimum Gasteiger partial charge on any atom is -0.264 e. The number of rotatable bonds is 4. The number of thiophene rings is 1. The van der Waals surface area contributed by atoms with E-state index in [-0.39, 0.29) is 0 Å². The van der Waals surface area contributed by atoms with E-state index in [0.717, 1.165) is 13.8 Å². The monoisotopic (exact) mass is 424 g/mol. The van der Waals surface area contributed by atoms with Gasteiger partial charge in [0.15, 0.2) is 0 Å². The molecular weight excluding hydrogens is 416 g/mol. The number of nitrogens with zero attached hydrogens (tertiary/aromatic N) is 2. The Bertz CT molecular complexity index is 652. The van der Waals surface area contributed by atoms with Crippen molar-refractivity contribution in [2.24, 2.45) is 0 Å². The van der Waals surface area contributed by atoms with Crippen LogP contribution in [0.3, 0.4) is 0 Å². The molecule has 0 aliphatic carbocycles. The summed E-state index contributed by atoms with van der Waals surface area (Å²) in [5.41, 5.74) is 0.850. The molecule has 0 fully saturated rings. The van der Waals surface area contributed by atoms with Gasteiger partial charge < -0.3 is 0 Å². The van der Waals surface area contributed by atoms with Crippen LogP contribution >= 0.6 is 43.2 Å². The lowest BCUT2D eigenvalue weighted by Gasteiger charge is -2.15. The highest BCUT2D eigenvalue weighted by atomic mass is 79.9. The van der Waals surface area contributed by atoms with Crippen LogP contribution in [0.5, 0.6) is 0 Å². The summed E-state index contributed by atoms with van der Waals surface area (Å²) in [6.07, 6.45) is 3.32. The van der Waals surface area contributed by atoms with Crippen molar-refractivity contribution in [1.29, 1.82) is 0 Å². The maximum atomic E-state index is 12.4. The fourth-order valence-corrected chi connectivity index (χ4v) is 5.63. The minimum atomic E-state index is -3.47. The Morgan fingerprint density at radius 1 is 1.42 bits per heavy atom. The summed E-state index contributed by atoms with van der Waals surface area (Å²) >= 11 is 7.78.